The molecule has 0 amide bonds. The maximum atomic E-state index is 12.5. The van der Waals surface area contributed by atoms with Gasteiger partial charge in [-0.2, -0.15) is 0 Å². The molecule has 4 aliphatic carbocycles. The van der Waals surface area contributed by atoms with E-state index in [1.54, 1.807) is 13.8 Å². The molecule has 8 heteroatoms. The van der Waals surface area contributed by atoms with Crippen molar-refractivity contribution in [3.63, 3.8) is 0 Å². The quantitative estimate of drug-likeness (QED) is 0.305. The number of carbonyl (C=O) groups is 2. The lowest BCUT2D eigenvalue weighted by molar-refractivity contribution is -0.943. The van der Waals surface area contributed by atoms with E-state index in [1.807, 2.05) is 0 Å². The van der Waals surface area contributed by atoms with Crippen LogP contribution >= 0.6 is 0 Å². The zero-order valence-electron chi connectivity index (χ0n) is 27.9. The van der Waals surface area contributed by atoms with Gasteiger partial charge in [0.15, 0.2) is 12.2 Å². The van der Waals surface area contributed by atoms with Gasteiger partial charge in [0.1, 0.15) is 12.1 Å². The van der Waals surface area contributed by atoms with Crippen LogP contribution in [0.15, 0.2) is 0 Å². The van der Waals surface area contributed by atoms with Crippen LogP contribution in [0.4, 0.5) is 0 Å². The van der Waals surface area contributed by atoms with Crippen LogP contribution in [-0.4, -0.2) is 85.5 Å². The zero-order chi connectivity index (χ0) is 29.2. The number of ether oxygens (including phenoxy) is 2. The molecule has 248 valence electrons. The van der Waals surface area contributed by atoms with Crippen LogP contribution in [0.5, 0.6) is 0 Å². The normalized spacial score (nSPS) is 44.7. The summed E-state index contributed by atoms with van der Waals surface area (Å²) in [7, 11) is 4.94. The molecule has 2 heterocycles. The Morgan fingerprint density at radius 3 is 1.79 bits per heavy atom. The molecule has 6 nitrogen and oxygen atoms in total. The van der Waals surface area contributed by atoms with E-state index in [4.69, 9.17) is 9.47 Å². The first kappa shape index (κ1) is 35.7. The van der Waals surface area contributed by atoms with Gasteiger partial charge in [-0.25, -0.2) is 0 Å². The third-order valence-electron chi connectivity index (χ3n) is 14.5. The summed E-state index contributed by atoms with van der Waals surface area (Å²) in [6, 6.07) is 0.846. The summed E-state index contributed by atoms with van der Waals surface area (Å²) in [5.74, 6) is 2.52. The fourth-order valence-electron chi connectivity index (χ4n) is 12.3. The number of quaternary nitrogens is 2. The number of rotatable bonds is 4. The van der Waals surface area contributed by atoms with E-state index in [0.717, 1.165) is 21.3 Å². The predicted octanol–water partition coefficient (Wildman–Crippen LogP) is 0.119. The van der Waals surface area contributed by atoms with Gasteiger partial charge in [-0.1, -0.05) is 13.8 Å². The number of carbonyl (C=O) groups excluding carboxylic acids is 2. The van der Waals surface area contributed by atoms with Gasteiger partial charge >= 0.3 is 11.9 Å². The van der Waals surface area contributed by atoms with Crippen molar-refractivity contribution in [2.45, 2.75) is 135 Å². The molecule has 6 aliphatic rings. The van der Waals surface area contributed by atoms with Gasteiger partial charge in [-0.05, 0) is 99.7 Å². The highest BCUT2D eigenvalue weighted by Gasteiger charge is 2.68. The smallest absolute Gasteiger partial charge is 0.303 e. The zero-order valence-corrected chi connectivity index (χ0v) is 31.1. The van der Waals surface area contributed by atoms with Crippen molar-refractivity contribution < 1.29 is 62.0 Å². The number of likely N-dealkylation sites (N-methyl/N-ethyl adjacent to an activating group) is 2. The Morgan fingerprint density at radius 1 is 0.674 bits per heavy atom. The molecule has 2 saturated heterocycles. The standard InChI is InChI=1S/C35H60N2O4.2BrH/c1-24(38)40-32-21-26-13-14-27-28(35(26,4)23-31(32)37(6)19-11-8-12-20-37)15-16-34(3)29(27)22-30(33(34)41-25(2)39)36(5)17-9-7-10-18-36;;/h26-33H,7-23H2,1-6H3;2*1H/q+2;;/p-2/t26?,27-,28+,29+,30?,31?,32?,33?,34+,35+;;/m1../s1. The molecule has 0 spiro atoms. The van der Waals surface area contributed by atoms with Gasteiger partial charge in [-0.15, -0.1) is 0 Å². The number of nitrogens with zero attached hydrogens (tertiary/aromatic N) is 2. The number of hydrogen-bond donors (Lipinski definition) is 0. The summed E-state index contributed by atoms with van der Waals surface area (Å²) in [4.78, 5) is 24.8. The van der Waals surface area contributed by atoms with Crippen molar-refractivity contribution in [3.05, 3.63) is 0 Å². The first-order valence-corrected chi connectivity index (χ1v) is 17.4. The number of likely N-dealkylation sites (tertiary alicyclic amines) is 2. The predicted molar refractivity (Wildman–Crippen MR) is 161 cm³/mol. The lowest BCUT2D eigenvalue weighted by atomic mass is 9.44. The maximum absolute atomic E-state index is 12.5. The minimum atomic E-state index is -0.0998. The summed E-state index contributed by atoms with van der Waals surface area (Å²) >= 11 is 0. The minimum Gasteiger partial charge on any atom is -1.00 e. The van der Waals surface area contributed by atoms with E-state index in [0.29, 0.717) is 35.3 Å². The summed E-state index contributed by atoms with van der Waals surface area (Å²) in [5.41, 5.74) is 0.377. The molecule has 10 atom stereocenters. The second-order valence-electron chi connectivity index (χ2n) is 16.7. The molecule has 0 aromatic heterocycles. The van der Waals surface area contributed by atoms with Crippen LogP contribution in [0.2, 0.25) is 0 Å². The average molecular weight is 733 g/mol. The highest BCUT2D eigenvalue weighted by Crippen LogP contribution is 2.68. The van der Waals surface area contributed by atoms with Gasteiger partial charge in [-0.3, -0.25) is 9.59 Å². The summed E-state index contributed by atoms with van der Waals surface area (Å²) < 4.78 is 14.7. The average Bonchev–Trinajstić information content (AvgIpc) is 3.21. The van der Waals surface area contributed by atoms with Gasteiger partial charge in [0.2, 0.25) is 0 Å². The van der Waals surface area contributed by atoms with Gasteiger partial charge in [0, 0.05) is 32.1 Å². The Hall–Kier alpha value is -0.180. The van der Waals surface area contributed by atoms with Crippen molar-refractivity contribution in [1.82, 2.24) is 0 Å². The molecular formula is C35H60Br2N2O4. The summed E-state index contributed by atoms with van der Waals surface area (Å²) in [6.45, 7) is 13.3. The van der Waals surface area contributed by atoms with E-state index in [1.165, 1.54) is 103 Å². The molecule has 0 aromatic rings. The Kier molecular flexibility index (Phi) is 10.9. The Bertz CT molecular complexity index is 1010. The molecule has 43 heavy (non-hydrogen) atoms. The van der Waals surface area contributed by atoms with Gasteiger partial charge < -0.3 is 52.4 Å². The molecule has 0 radical (unpaired) electrons. The molecule has 0 aromatic carbocycles. The van der Waals surface area contributed by atoms with Crippen LogP contribution in [-0.2, 0) is 19.1 Å². The molecule has 6 fully saturated rings. The summed E-state index contributed by atoms with van der Waals surface area (Å²) in [5, 5.41) is 0. The third-order valence-corrected chi connectivity index (χ3v) is 14.5. The minimum absolute atomic E-state index is 0. The first-order chi connectivity index (χ1) is 19.4. The van der Waals surface area contributed by atoms with Crippen molar-refractivity contribution in [3.8, 4) is 0 Å². The lowest BCUT2D eigenvalue weighted by Gasteiger charge is -2.63. The number of fused-ring (bicyclic) bond motifs is 5. The van der Waals surface area contributed by atoms with Crippen LogP contribution < -0.4 is 34.0 Å². The van der Waals surface area contributed by atoms with Crippen LogP contribution in [0.1, 0.15) is 111 Å². The highest BCUT2D eigenvalue weighted by atomic mass is 79.9. The molecule has 6 rings (SSSR count). The number of piperidine rings is 2. The second-order valence-corrected chi connectivity index (χ2v) is 16.7. The molecule has 5 unspecified atom stereocenters. The van der Waals surface area contributed by atoms with Crippen LogP contribution in [0.3, 0.4) is 0 Å². The van der Waals surface area contributed by atoms with Crippen molar-refractivity contribution >= 4 is 11.9 Å². The number of esters is 2. The molecule has 0 bridgehead atoms. The van der Waals surface area contributed by atoms with Gasteiger partial charge in [0.05, 0.1) is 40.3 Å². The van der Waals surface area contributed by atoms with Gasteiger partial charge in [0.25, 0.3) is 0 Å². The van der Waals surface area contributed by atoms with Crippen molar-refractivity contribution in [2.24, 2.45) is 34.5 Å². The van der Waals surface area contributed by atoms with E-state index in [9.17, 15) is 9.59 Å². The number of hydrogen-bond acceptors (Lipinski definition) is 4. The van der Waals surface area contributed by atoms with E-state index in [-0.39, 0.29) is 63.5 Å². The Morgan fingerprint density at radius 2 is 1.23 bits per heavy atom. The Labute approximate surface area is 283 Å². The third kappa shape index (κ3) is 6.15. The topological polar surface area (TPSA) is 52.6 Å². The van der Waals surface area contributed by atoms with Crippen LogP contribution in [0.25, 0.3) is 0 Å². The summed E-state index contributed by atoms with van der Waals surface area (Å²) in [6.07, 6.45) is 16.4. The van der Waals surface area contributed by atoms with Crippen molar-refractivity contribution in [1.29, 1.82) is 0 Å². The maximum Gasteiger partial charge on any atom is 0.303 e. The molecular weight excluding hydrogens is 672 g/mol. The fourth-order valence-corrected chi connectivity index (χ4v) is 12.3. The SMILES string of the molecule is CC(=O)OC1CC2CC[C@@H]3[C@H](CC[C@]4(C)C(OC(C)=O)C([N+]5(C)CCCCC5)C[C@@H]34)[C@@]2(C)CC1[N+]1(C)CCCCC1.[Br-].[Br-]. The molecule has 0 N–H and O–H groups in total. The van der Waals surface area contributed by atoms with Crippen LogP contribution in [0, 0.1) is 34.5 Å². The highest BCUT2D eigenvalue weighted by molar-refractivity contribution is 5.66. The fraction of sp³-hybridized carbons (Fsp3) is 0.943. The monoisotopic (exact) mass is 730 g/mol. The van der Waals surface area contributed by atoms with Crippen molar-refractivity contribution in [2.75, 3.05) is 40.3 Å². The molecule has 2 aliphatic heterocycles. The first-order valence-electron chi connectivity index (χ1n) is 17.4. The van der Waals surface area contributed by atoms with E-state index < -0.39 is 0 Å². The van der Waals surface area contributed by atoms with E-state index in [2.05, 4.69) is 27.9 Å². The number of halogens is 2. The lowest BCUT2D eigenvalue weighted by Crippen LogP contribution is -3.00. The van der Waals surface area contributed by atoms with E-state index >= 15 is 0 Å². The molecule has 4 saturated carbocycles. The second kappa shape index (κ2) is 13.1. The Balaban J connectivity index is 0.00000212. The largest absolute Gasteiger partial charge is 1.00 e.